The molecule has 0 radical (unpaired) electrons. The second-order valence-corrected chi connectivity index (χ2v) is 8.31. The molecule has 1 N–H and O–H groups in total. The van der Waals surface area contributed by atoms with Crippen molar-refractivity contribution in [2.45, 2.75) is 19.8 Å². The molecule has 1 aliphatic heterocycles. The first-order chi connectivity index (χ1) is 16.2. The number of aryl methyl sites for hydroxylation is 1. The van der Waals surface area contributed by atoms with Gasteiger partial charge in [0.05, 0.1) is 36.3 Å². The normalized spacial score (nSPS) is 14.9. The number of hydrogen-bond donors (Lipinski definition) is 1. The number of nitrogens with one attached hydrogen (secondary N) is 1. The number of rotatable bonds is 6. The molecule has 1 fully saturated rings. The standard InChI is InChI=1S/C25H27N7O/c1-17(12-28-24-11-23(30-18(2)31-24)20-13-26-16-27-14-20)22-5-3-4-19-10-21(15-29-25(19)22)32-6-8-33-9-7-32/h3-5,10-11,13-17H,6-9,12H2,1-2H3,(H,28,30,31). The van der Waals surface area contributed by atoms with Crippen LogP contribution in [-0.2, 0) is 4.74 Å². The van der Waals surface area contributed by atoms with Crippen LogP contribution in [-0.4, -0.2) is 57.8 Å². The molecule has 0 spiro atoms. The van der Waals surface area contributed by atoms with Crippen molar-refractivity contribution >= 4 is 22.4 Å². The predicted molar refractivity (Wildman–Crippen MR) is 129 cm³/mol. The smallest absolute Gasteiger partial charge is 0.130 e. The quantitative estimate of drug-likeness (QED) is 0.483. The van der Waals surface area contributed by atoms with E-state index in [2.05, 4.69) is 61.3 Å². The summed E-state index contributed by atoms with van der Waals surface area (Å²) in [6.45, 7) is 8.17. The topological polar surface area (TPSA) is 89.0 Å². The van der Waals surface area contributed by atoms with Gasteiger partial charge < -0.3 is 15.0 Å². The molecule has 1 atom stereocenters. The second-order valence-electron chi connectivity index (χ2n) is 8.31. The zero-order valence-electron chi connectivity index (χ0n) is 18.9. The molecule has 5 rings (SSSR count). The van der Waals surface area contributed by atoms with E-state index in [0.29, 0.717) is 5.82 Å². The minimum atomic E-state index is 0.245. The van der Waals surface area contributed by atoms with Gasteiger partial charge in [-0.05, 0) is 18.6 Å². The number of fused-ring (bicyclic) bond motifs is 1. The fraction of sp³-hybridized carbons (Fsp3) is 0.320. The van der Waals surface area contributed by atoms with E-state index in [1.165, 1.54) is 11.9 Å². The van der Waals surface area contributed by atoms with Crippen LogP contribution in [0.15, 0.2) is 55.2 Å². The van der Waals surface area contributed by atoms with Crippen molar-refractivity contribution in [1.82, 2.24) is 24.9 Å². The molecule has 1 aliphatic rings. The Morgan fingerprint density at radius 2 is 1.88 bits per heavy atom. The van der Waals surface area contributed by atoms with Crippen molar-refractivity contribution < 1.29 is 4.74 Å². The number of aromatic nitrogens is 5. The Kier molecular flexibility index (Phi) is 6.08. The summed E-state index contributed by atoms with van der Waals surface area (Å²) >= 11 is 0. The van der Waals surface area contributed by atoms with Crippen LogP contribution < -0.4 is 10.2 Å². The van der Waals surface area contributed by atoms with Crippen molar-refractivity contribution in [3.63, 3.8) is 0 Å². The van der Waals surface area contributed by atoms with Gasteiger partial charge in [-0.2, -0.15) is 0 Å². The van der Waals surface area contributed by atoms with E-state index >= 15 is 0 Å². The Bertz CT molecular complexity index is 1240. The third-order valence-electron chi connectivity index (χ3n) is 5.92. The van der Waals surface area contributed by atoms with Gasteiger partial charge in [-0.3, -0.25) is 4.98 Å². The van der Waals surface area contributed by atoms with Crippen molar-refractivity contribution in [1.29, 1.82) is 0 Å². The molecule has 8 heteroatoms. The van der Waals surface area contributed by atoms with Crippen LogP contribution in [0.1, 0.15) is 24.2 Å². The van der Waals surface area contributed by atoms with Crippen LogP contribution in [0.5, 0.6) is 0 Å². The summed E-state index contributed by atoms with van der Waals surface area (Å²) in [6, 6.07) is 10.6. The first-order valence-electron chi connectivity index (χ1n) is 11.2. The summed E-state index contributed by atoms with van der Waals surface area (Å²) in [6.07, 6.45) is 7.02. The highest BCUT2D eigenvalue weighted by Gasteiger charge is 2.15. The summed E-state index contributed by atoms with van der Waals surface area (Å²) in [5, 5.41) is 4.64. The molecule has 1 unspecified atom stereocenters. The molecule has 1 aromatic carbocycles. The Morgan fingerprint density at radius 3 is 2.70 bits per heavy atom. The first-order valence-corrected chi connectivity index (χ1v) is 11.2. The SMILES string of the molecule is Cc1nc(NCC(C)c2cccc3cc(N4CCOCC4)cnc23)cc(-c2cncnc2)n1. The summed E-state index contributed by atoms with van der Waals surface area (Å²) in [5.41, 5.74) is 5.09. The van der Waals surface area contributed by atoms with Crippen LogP contribution in [0, 0.1) is 6.92 Å². The van der Waals surface area contributed by atoms with E-state index in [1.807, 2.05) is 19.2 Å². The Balaban J connectivity index is 1.34. The van der Waals surface area contributed by atoms with E-state index in [-0.39, 0.29) is 5.92 Å². The number of anilines is 2. The Hall–Kier alpha value is -3.65. The highest BCUT2D eigenvalue weighted by Crippen LogP contribution is 2.28. The molecule has 168 valence electrons. The molecule has 0 amide bonds. The highest BCUT2D eigenvalue weighted by molar-refractivity contribution is 5.85. The molecule has 4 aromatic rings. The fourth-order valence-corrected chi connectivity index (χ4v) is 4.17. The van der Waals surface area contributed by atoms with Crippen molar-refractivity contribution in [2.24, 2.45) is 0 Å². The minimum Gasteiger partial charge on any atom is -0.378 e. The monoisotopic (exact) mass is 441 g/mol. The molecule has 8 nitrogen and oxygen atoms in total. The highest BCUT2D eigenvalue weighted by atomic mass is 16.5. The Labute approximate surface area is 193 Å². The maximum absolute atomic E-state index is 5.48. The summed E-state index contributed by atoms with van der Waals surface area (Å²) < 4.78 is 5.48. The van der Waals surface area contributed by atoms with E-state index in [0.717, 1.165) is 66.5 Å². The molecular formula is C25H27N7O. The lowest BCUT2D eigenvalue weighted by molar-refractivity contribution is 0.122. The van der Waals surface area contributed by atoms with Gasteiger partial charge in [-0.1, -0.05) is 25.1 Å². The Morgan fingerprint density at radius 1 is 1.06 bits per heavy atom. The van der Waals surface area contributed by atoms with Crippen molar-refractivity contribution in [3.05, 3.63) is 66.6 Å². The van der Waals surface area contributed by atoms with Crippen molar-refractivity contribution in [2.75, 3.05) is 43.1 Å². The van der Waals surface area contributed by atoms with Crippen LogP contribution in [0.4, 0.5) is 11.5 Å². The number of pyridine rings is 1. The van der Waals surface area contributed by atoms with Gasteiger partial charge in [-0.25, -0.2) is 19.9 Å². The zero-order valence-corrected chi connectivity index (χ0v) is 18.9. The van der Waals surface area contributed by atoms with Crippen LogP contribution in [0.2, 0.25) is 0 Å². The van der Waals surface area contributed by atoms with E-state index < -0.39 is 0 Å². The van der Waals surface area contributed by atoms with Gasteiger partial charge in [0.15, 0.2) is 0 Å². The molecular weight excluding hydrogens is 414 g/mol. The van der Waals surface area contributed by atoms with Gasteiger partial charge in [0.1, 0.15) is 18.0 Å². The van der Waals surface area contributed by atoms with Crippen LogP contribution in [0.25, 0.3) is 22.2 Å². The van der Waals surface area contributed by atoms with E-state index in [1.54, 1.807) is 12.4 Å². The number of ether oxygens (including phenoxy) is 1. The van der Waals surface area contributed by atoms with E-state index in [9.17, 15) is 0 Å². The number of nitrogens with zero attached hydrogens (tertiary/aromatic N) is 6. The average molecular weight is 442 g/mol. The number of morpholine rings is 1. The summed E-state index contributed by atoms with van der Waals surface area (Å²) in [7, 11) is 0. The van der Waals surface area contributed by atoms with Gasteiger partial charge >= 0.3 is 0 Å². The largest absolute Gasteiger partial charge is 0.378 e. The maximum atomic E-state index is 5.48. The molecule has 0 bridgehead atoms. The van der Waals surface area contributed by atoms with Crippen molar-refractivity contribution in [3.8, 4) is 11.3 Å². The molecule has 33 heavy (non-hydrogen) atoms. The van der Waals surface area contributed by atoms with E-state index in [4.69, 9.17) is 9.72 Å². The van der Waals surface area contributed by atoms with Crippen LogP contribution >= 0.6 is 0 Å². The third-order valence-corrected chi connectivity index (χ3v) is 5.92. The van der Waals surface area contributed by atoms with Gasteiger partial charge in [0.2, 0.25) is 0 Å². The fourth-order valence-electron chi connectivity index (χ4n) is 4.17. The lowest BCUT2D eigenvalue weighted by atomic mass is 9.97. The molecule has 1 saturated heterocycles. The molecule has 3 aromatic heterocycles. The molecule has 4 heterocycles. The molecule has 0 aliphatic carbocycles. The van der Waals surface area contributed by atoms with Gasteiger partial charge in [0, 0.05) is 55.0 Å². The number of para-hydroxylation sites is 1. The third kappa shape index (κ3) is 4.75. The minimum absolute atomic E-state index is 0.245. The van der Waals surface area contributed by atoms with Gasteiger partial charge in [-0.15, -0.1) is 0 Å². The number of benzene rings is 1. The number of hydrogen-bond acceptors (Lipinski definition) is 8. The lowest BCUT2D eigenvalue weighted by Gasteiger charge is -2.28. The van der Waals surface area contributed by atoms with Crippen LogP contribution in [0.3, 0.4) is 0 Å². The first kappa shape index (κ1) is 21.2. The molecule has 0 saturated carbocycles. The summed E-state index contributed by atoms with van der Waals surface area (Å²) in [4.78, 5) is 24.4. The zero-order chi connectivity index (χ0) is 22.6. The second kappa shape index (κ2) is 9.46. The predicted octanol–water partition coefficient (Wildman–Crippen LogP) is 3.84. The van der Waals surface area contributed by atoms with Gasteiger partial charge in [0.25, 0.3) is 0 Å². The maximum Gasteiger partial charge on any atom is 0.130 e. The summed E-state index contributed by atoms with van der Waals surface area (Å²) in [5.74, 6) is 1.74. The average Bonchev–Trinajstić information content (AvgIpc) is 2.87. The lowest BCUT2D eigenvalue weighted by Crippen LogP contribution is -2.36.